The Morgan fingerprint density at radius 2 is 1.03 bits per heavy atom. The summed E-state index contributed by atoms with van der Waals surface area (Å²) in [6, 6.07) is 26.5. The zero-order chi connectivity index (χ0) is 46.8. The maximum absolute atomic E-state index is 13.3. The Kier molecular flexibility index (Phi) is 43.9. The van der Waals surface area contributed by atoms with Gasteiger partial charge < -0.3 is 74.7 Å². The summed E-state index contributed by atoms with van der Waals surface area (Å²) in [6.45, 7) is 26.1. The summed E-state index contributed by atoms with van der Waals surface area (Å²) in [6.07, 6.45) is 5.73. The molecule has 20 heteroatoms. The van der Waals surface area contributed by atoms with Gasteiger partial charge in [0.15, 0.2) is 0 Å². The van der Waals surface area contributed by atoms with Crippen LogP contribution in [0.3, 0.4) is 0 Å². The number of hydrogen-bond donors (Lipinski definition) is 2. The molecule has 14 nitrogen and oxygen atoms in total. The summed E-state index contributed by atoms with van der Waals surface area (Å²) in [5.41, 5.74) is 6.48. The van der Waals surface area contributed by atoms with Crippen molar-refractivity contribution in [3.63, 3.8) is 0 Å². The van der Waals surface area contributed by atoms with Crippen LogP contribution in [0, 0.1) is 82.9 Å². The van der Waals surface area contributed by atoms with E-state index in [4.69, 9.17) is 59.2 Å². The van der Waals surface area contributed by atoms with Crippen LogP contribution in [0.25, 0.3) is 0 Å². The van der Waals surface area contributed by atoms with E-state index in [0.717, 1.165) is 62.9 Å². The van der Waals surface area contributed by atoms with Gasteiger partial charge in [0, 0.05) is 123 Å². The minimum atomic E-state index is -0.881. The van der Waals surface area contributed by atoms with E-state index < -0.39 is 23.8 Å². The van der Waals surface area contributed by atoms with E-state index in [9.17, 15) is 19.2 Å². The van der Waals surface area contributed by atoms with Crippen LogP contribution in [0.2, 0.25) is 0 Å². The van der Waals surface area contributed by atoms with Crippen molar-refractivity contribution in [2.75, 3.05) is 36.0 Å². The van der Waals surface area contributed by atoms with E-state index in [-0.39, 0.29) is 140 Å². The monoisotopic (exact) mass is 1130 g/mol. The summed E-state index contributed by atoms with van der Waals surface area (Å²) < 4.78 is 0. The van der Waals surface area contributed by atoms with Gasteiger partial charge in [-0.3, -0.25) is 29.1 Å². The second-order valence-corrected chi connectivity index (χ2v) is 15.0. The molecule has 4 amide bonds. The Hall–Kier alpha value is -4.66. The first-order valence-corrected chi connectivity index (χ1v) is 20.8. The van der Waals surface area contributed by atoms with Gasteiger partial charge in [0.25, 0.3) is 11.8 Å². The molecule has 3 heterocycles. The molecule has 1 saturated heterocycles. The minimum absolute atomic E-state index is 0. The molecular formula is C47H37N10Na3O4OsS2-2. The topological polar surface area (TPSA) is 231 Å². The third-order valence-corrected chi connectivity index (χ3v) is 10.9. The molecule has 0 spiro atoms. The summed E-state index contributed by atoms with van der Waals surface area (Å²) in [4.78, 5) is 57.3. The van der Waals surface area contributed by atoms with Crippen LogP contribution < -0.4 is 104 Å². The van der Waals surface area contributed by atoms with Crippen molar-refractivity contribution >= 4 is 50.9 Å². The van der Waals surface area contributed by atoms with E-state index in [1.165, 1.54) is 17.8 Å². The molecule has 1 unspecified atom stereocenters. The van der Waals surface area contributed by atoms with Gasteiger partial charge in [-0.15, -0.1) is 0 Å². The molecule has 2 aliphatic rings. The van der Waals surface area contributed by atoms with Gasteiger partial charge in [0.1, 0.15) is 6.04 Å². The number of carbonyl (C=O) groups is 4. The quantitative estimate of drug-likeness (QED) is 0.0512. The van der Waals surface area contributed by atoms with Gasteiger partial charge in [-0.25, -0.2) is 0 Å². The number of amides is 4. The zero-order valence-electron chi connectivity index (χ0n) is 37.0. The molecule has 1 aromatic heterocycles. The number of hydrogen-bond acceptors (Lipinski definition) is 13. The van der Waals surface area contributed by atoms with Crippen molar-refractivity contribution in [3.05, 3.63) is 176 Å². The van der Waals surface area contributed by atoms with Crippen molar-refractivity contribution < 1.29 is 128 Å². The first-order valence-electron chi connectivity index (χ1n) is 18.3. The van der Waals surface area contributed by atoms with E-state index in [0.29, 0.717) is 0 Å². The maximum Gasteiger partial charge on any atom is 1.00 e. The molecule has 0 radical (unpaired) electrons. The molecular weight excluding hydrogens is 1090 g/mol. The molecule has 2 aliphatic heterocycles. The first-order chi connectivity index (χ1) is 30.9. The number of carbonyl (C=O) groups excluding carboxylic acids is 4. The SMILES string of the molecule is O=C(CCN1C(=O)C=CC1=O)NC(Cc1ccc(C#Cc2ccc(C#Cc3ccc(N4CCSSCC4)cc3)cc2)cc1)C(=O)NCc1ccncc1.[C-]#N.[C-]#N.[C-]#N.[C-]#N.[C-]#N.[Na+].[Na+].[Na+].[Os]. The van der Waals surface area contributed by atoms with Crippen LogP contribution in [0.15, 0.2) is 109 Å². The fourth-order valence-electron chi connectivity index (χ4n) is 5.58. The van der Waals surface area contributed by atoms with Crippen LogP contribution in [0.4, 0.5) is 5.69 Å². The molecule has 1 fully saturated rings. The standard InChI is InChI=1S/C42H37N5O4S2.5CN.3Na.Os/c48-39(21-24-47-40(49)17-18-41(47)50)45-38(42(51)44-30-36-19-22-43-23-20-36)29-35-11-9-33(10-12-35)6-5-31-1-3-32(4-2-31)7-8-34-13-15-37(16-14-34)46-25-27-52-53-28-26-46;5*1-2;;;;/h1-4,9-20,22-23,38H,21,24-30H2,(H,44,51)(H,45,48);;;;;;;;;/q;5*-1;3*+1;. The van der Waals surface area contributed by atoms with E-state index in [1.807, 2.05) is 70.1 Å². The van der Waals surface area contributed by atoms with Crippen molar-refractivity contribution in [2.24, 2.45) is 0 Å². The second kappa shape index (κ2) is 42.7. The molecule has 1 atom stereocenters. The van der Waals surface area contributed by atoms with Crippen LogP contribution in [-0.4, -0.2) is 70.7 Å². The van der Waals surface area contributed by atoms with Crippen LogP contribution >= 0.6 is 21.6 Å². The van der Waals surface area contributed by atoms with Crippen molar-refractivity contribution in [1.82, 2.24) is 20.5 Å². The molecule has 2 N–H and O–H groups in total. The molecule has 6 rings (SSSR count). The van der Waals surface area contributed by atoms with Gasteiger partial charge in [0.05, 0.1) is 0 Å². The summed E-state index contributed by atoms with van der Waals surface area (Å²) in [5.74, 6) is 13.4. The van der Waals surface area contributed by atoms with Crippen molar-refractivity contribution in [3.8, 4) is 23.7 Å². The summed E-state index contributed by atoms with van der Waals surface area (Å²) in [7, 11) is 3.88. The van der Waals surface area contributed by atoms with Gasteiger partial charge in [0.2, 0.25) is 11.8 Å². The third kappa shape index (κ3) is 25.9. The number of nitrogens with zero attached hydrogens (tertiary/aromatic N) is 8. The molecule has 0 bridgehead atoms. The average Bonchev–Trinajstić information content (AvgIpc) is 3.49. The Morgan fingerprint density at radius 3 is 1.46 bits per heavy atom. The number of benzene rings is 3. The molecule has 3 aromatic carbocycles. The fourth-order valence-corrected chi connectivity index (χ4v) is 7.56. The number of aromatic nitrogens is 1. The largest absolute Gasteiger partial charge is 1.00 e. The molecule has 0 saturated carbocycles. The zero-order valence-corrected chi connectivity index (χ0v) is 47.2. The van der Waals surface area contributed by atoms with Gasteiger partial charge in [-0.1, -0.05) is 57.4 Å². The number of imide groups is 1. The first kappa shape index (κ1) is 68.9. The Balaban J connectivity index is -0.00000133. The number of rotatable bonds is 10. The summed E-state index contributed by atoms with van der Waals surface area (Å²) >= 11 is 0. The normalized spacial score (nSPS) is 11.5. The van der Waals surface area contributed by atoms with Crippen molar-refractivity contribution in [2.45, 2.75) is 25.4 Å². The van der Waals surface area contributed by atoms with Crippen LogP contribution in [0.5, 0.6) is 0 Å². The predicted octanol–water partition coefficient (Wildman–Crippen LogP) is -3.77. The number of anilines is 1. The van der Waals surface area contributed by atoms with Crippen molar-refractivity contribution in [1.29, 1.82) is 26.3 Å². The molecule has 67 heavy (non-hydrogen) atoms. The molecule has 4 aromatic rings. The Morgan fingerprint density at radius 1 is 0.627 bits per heavy atom. The van der Waals surface area contributed by atoms with Gasteiger partial charge >= 0.3 is 88.7 Å². The minimum Gasteiger partial charge on any atom is -0.512 e. The van der Waals surface area contributed by atoms with Crippen LogP contribution in [-0.2, 0) is 51.9 Å². The van der Waals surface area contributed by atoms with E-state index in [1.54, 1.807) is 24.5 Å². The third-order valence-electron chi connectivity index (χ3n) is 8.52. The molecule has 0 aliphatic carbocycles. The Labute approximate surface area is 480 Å². The predicted molar refractivity (Wildman–Crippen MR) is 235 cm³/mol. The van der Waals surface area contributed by atoms with E-state index in [2.05, 4.69) is 68.5 Å². The molecule has 324 valence electrons. The van der Waals surface area contributed by atoms with Gasteiger partial charge in [-0.2, -0.15) is 0 Å². The van der Waals surface area contributed by atoms with E-state index >= 15 is 0 Å². The Bertz CT molecular complexity index is 2300. The summed E-state index contributed by atoms with van der Waals surface area (Å²) in [5, 5.41) is 36.9. The fraction of sp³-hybridized carbons (Fsp3) is 0.191. The average molecular weight is 1130 g/mol. The van der Waals surface area contributed by atoms with Gasteiger partial charge in [-0.05, 0) is 83.9 Å². The maximum atomic E-state index is 13.3. The second-order valence-electron chi connectivity index (χ2n) is 12.3. The smallest absolute Gasteiger partial charge is 0.512 e. The van der Waals surface area contributed by atoms with Crippen LogP contribution in [0.1, 0.15) is 39.8 Å². The number of nitrogens with one attached hydrogen (secondary N) is 2. The number of pyridine rings is 1.